The third-order valence-electron chi connectivity index (χ3n) is 1.74. The van der Waals surface area contributed by atoms with Gasteiger partial charge in [-0.05, 0) is 46.1 Å². The lowest BCUT2D eigenvalue weighted by atomic mass is 10.1. The van der Waals surface area contributed by atoms with E-state index in [1.807, 2.05) is 20.8 Å². The van der Waals surface area contributed by atoms with Crippen molar-refractivity contribution in [3.05, 3.63) is 0 Å². The van der Waals surface area contributed by atoms with E-state index in [2.05, 4.69) is 19.2 Å². The Hall–Kier alpha value is -0.120. The molecule has 0 heterocycles. The van der Waals surface area contributed by atoms with Gasteiger partial charge in [-0.3, -0.25) is 5.32 Å². The molecule has 0 fully saturated rings. The smallest absolute Gasteiger partial charge is 0.214 e. The van der Waals surface area contributed by atoms with Gasteiger partial charge in [0.1, 0.15) is 0 Å². The van der Waals surface area contributed by atoms with Crippen LogP contribution >= 0.6 is 0 Å². The maximum absolute atomic E-state index is 9.42. The average Bonchev–Trinajstić information content (AvgIpc) is 1.94. The lowest BCUT2D eigenvalue weighted by Gasteiger charge is -2.24. The van der Waals surface area contributed by atoms with E-state index in [9.17, 15) is 5.11 Å². The Morgan fingerprint density at radius 1 is 1.29 bits per heavy atom. The van der Waals surface area contributed by atoms with Gasteiger partial charge >= 0.3 is 0 Å². The summed E-state index contributed by atoms with van der Waals surface area (Å²) in [6.45, 7) is 11.0. The normalized spacial score (nSPS) is 14.8. The van der Waals surface area contributed by atoms with Crippen LogP contribution in [0.25, 0.3) is 0 Å². The zero-order valence-corrected chi connectivity index (χ0v) is 10.1. The van der Waals surface area contributed by atoms with Crippen LogP contribution in [-0.2, 0) is 4.74 Å². The zero-order valence-electron chi connectivity index (χ0n) is 10.1. The summed E-state index contributed by atoms with van der Waals surface area (Å²) in [5.41, 5.74) is -0.301. The summed E-state index contributed by atoms with van der Waals surface area (Å²) in [7, 11) is 0. The maximum Gasteiger partial charge on any atom is 0.214 e. The molecular weight excluding hydrogens is 178 g/mol. The second-order valence-corrected chi connectivity index (χ2v) is 5.07. The number of rotatable bonds is 6. The fourth-order valence-electron chi connectivity index (χ4n) is 1.11. The van der Waals surface area contributed by atoms with Gasteiger partial charge in [-0.2, -0.15) is 0 Å². The lowest BCUT2D eigenvalue weighted by molar-refractivity contribution is -0.181. The average molecular weight is 203 g/mol. The summed E-state index contributed by atoms with van der Waals surface area (Å²) in [5.74, 6) is 0.720. The van der Waals surface area contributed by atoms with Crippen molar-refractivity contribution in [2.45, 2.75) is 59.5 Å². The molecule has 1 atom stereocenters. The molecule has 0 saturated carbocycles. The SMILES string of the molecule is CC(C)CCCNC(O)OC(C)(C)C. The minimum atomic E-state index is -0.845. The molecule has 3 heteroatoms. The molecule has 2 N–H and O–H groups in total. The summed E-state index contributed by atoms with van der Waals surface area (Å²) in [5, 5.41) is 12.3. The first kappa shape index (κ1) is 13.9. The molecule has 0 aromatic rings. The summed E-state index contributed by atoms with van der Waals surface area (Å²) < 4.78 is 5.29. The molecule has 0 saturated heterocycles. The van der Waals surface area contributed by atoms with Crippen LogP contribution in [0.15, 0.2) is 0 Å². The Labute approximate surface area is 87.8 Å². The molecule has 0 aromatic heterocycles. The highest BCUT2D eigenvalue weighted by Crippen LogP contribution is 2.08. The van der Waals surface area contributed by atoms with E-state index >= 15 is 0 Å². The third-order valence-corrected chi connectivity index (χ3v) is 1.74. The van der Waals surface area contributed by atoms with Crippen molar-refractivity contribution in [1.82, 2.24) is 5.32 Å². The van der Waals surface area contributed by atoms with Crippen LogP contribution < -0.4 is 5.32 Å². The van der Waals surface area contributed by atoms with Gasteiger partial charge < -0.3 is 9.84 Å². The van der Waals surface area contributed by atoms with Gasteiger partial charge in [0.2, 0.25) is 6.41 Å². The topological polar surface area (TPSA) is 41.5 Å². The molecule has 3 nitrogen and oxygen atoms in total. The van der Waals surface area contributed by atoms with Gasteiger partial charge in [0.15, 0.2) is 0 Å². The highest BCUT2D eigenvalue weighted by atomic mass is 16.6. The summed E-state index contributed by atoms with van der Waals surface area (Å²) in [6.07, 6.45) is 1.40. The maximum atomic E-state index is 9.42. The molecule has 0 rings (SSSR count). The molecule has 0 spiro atoms. The van der Waals surface area contributed by atoms with E-state index in [1.54, 1.807) is 0 Å². The van der Waals surface area contributed by atoms with Gasteiger partial charge in [-0.1, -0.05) is 13.8 Å². The third kappa shape index (κ3) is 9.96. The summed E-state index contributed by atoms with van der Waals surface area (Å²) in [6, 6.07) is 0. The summed E-state index contributed by atoms with van der Waals surface area (Å²) in [4.78, 5) is 0. The summed E-state index contributed by atoms with van der Waals surface area (Å²) >= 11 is 0. The first-order valence-electron chi connectivity index (χ1n) is 5.40. The van der Waals surface area contributed by atoms with Crippen molar-refractivity contribution in [3.8, 4) is 0 Å². The van der Waals surface area contributed by atoms with Crippen LogP contribution in [0, 0.1) is 5.92 Å². The second kappa shape index (κ2) is 6.38. The lowest BCUT2D eigenvalue weighted by Crippen LogP contribution is -2.38. The standard InChI is InChI=1S/C11H25NO2/c1-9(2)7-6-8-12-10(13)14-11(3,4)5/h9-10,12-13H,6-8H2,1-5H3. The van der Waals surface area contributed by atoms with Crippen molar-refractivity contribution in [2.24, 2.45) is 5.92 Å². The molecular formula is C11H25NO2. The number of hydrogen-bond acceptors (Lipinski definition) is 3. The largest absolute Gasteiger partial charge is 0.356 e. The van der Waals surface area contributed by atoms with Crippen LogP contribution in [0.2, 0.25) is 0 Å². The predicted molar refractivity (Wildman–Crippen MR) is 58.9 cm³/mol. The van der Waals surface area contributed by atoms with Gasteiger partial charge in [0.25, 0.3) is 0 Å². The molecule has 0 aromatic carbocycles. The van der Waals surface area contributed by atoms with E-state index < -0.39 is 6.41 Å². The minimum absolute atomic E-state index is 0.301. The van der Waals surface area contributed by atoms with Gasteiger partial charge in [-0.25, -0.2) is 0 Å². The van der Waals surface area contributed by atoms with E-state index in [0.29, 0.717) is 0 Å². The second-order valence-electron chi connectivity index (χ2n) is 5.07. The Kier molecular flexibility index (Phi) is 6.33. The van der Waals surface area contributed by atoms with Gasteiger partial charge in [-0.15, -0.1) is 0 Å². The van der Waals surface area contributed by atoms with Crippen molar-refractivity contribution in [2.75, 3.05) is 6.54 Å². The zero-order chi connectivity index (χ0) is 11.2. The van der Waals surface area contributed by atoms with Crippen LogP contribution in [0.4, 0.5) is 0 Å². The molecule has 0 amide bonds. The molecule has 0 aliphatic rings. The first-order chi connectivity index (χ1) is 6.31. The van der Waals surface area contributed by atoms with Crippen molar-refractivity contribution >= 4 is 0 Å². The minimum Gasteiger partial charge on any atom is -0.356 e. The van der Waals surface area contributed by atoms with Gasteiger partial charge in [0.05, 0.1) is 5.60 Å². The Morgan fingerprint density at radius 3 is 2.29 bits per heavy atom. The number of hydrogen-bond donors (Lipinski definition) is 2. The first-order valence-corrected chi connectivity index (χ1v) is 5.40. The molecule has 86 valence electrons. The Balaban J connectivity index is 3.40. The van der Waals surface area contributed by atoms with Crippen molar-refractivity contribution in [1.29, 1.82) is 0 Å². The van der Waals surface area contributed by atoms with Crippen molar-refractivity contribution < 1.29 is 9.84 Å². The number of nitrogens with one attached hydrogen (secondary N) is 1. The van der Waals surface area contributed by atoms with Crippen LogP contribution in [0.5, 0.6) is 0 Å². The highest BCUT2D eigenvalue weighted by Gasteiger charge is 2.15. The number of aliphatic hydroxyl groups is 1. The van der Waals surface area contributed by atoms with Crippen LogP contribution in [0.3, 0.4) is 0 Å². The van der Waals surface area contributed by atoms with Gasteiger partial charge in [0, 0.05) is 0 Å². The molecule has 0 aliphatic heterocycles. The molecule has 0 bridgehead atoms. The fourth-order valence-corrected chi connectivity index (χ4v) is 1.11. The molecule has 0 aliphatic carbocycles. The van der Waals surface area contributed by atoms with E-state index in [-0.39, 0.29) is 5.60 Å². The van der Waals surface area contributed by atoms with Crippen molar-refractivity contribution in [3.63, 3.8) is 0 Å². The van der Waals surface area contributed by atoms with Crippen LogP contribution in [0.1, 0.15) is 47.5 Å². The van der Waals surface area contributed by atoms with Crippen LogP contribution in [-0.4, -0.2) is 23.7 Å². The van der Waals surface area contributed by atoms with E-state index in [0.717, 1.165) is 18.9 Å². The molecule has 0 radical (unpaired) electrons. The fraction of sp³-hybridized carbons (Fsp3) is 1.00. The monoisotopic (exact) mass is 203 g/mol. The number of aliphatic hydroxyl groups excluding tert-OH is 1. The predicted octanol–water partition coefficient (Wildman–Crippen LogP) is 2.10. The molecule has 14 heavy (non-hydrogen) atoms. The number of ether oxygens (including phenoxy) is 1. The Bertz CT molecular complexity index is 141. The highest BCUT2D eigenvalue weighted by molar-refractivity contribution is 4.59. The van der Waals surface area contributed by atoms with E-state index in [4.69, 9.17) is 4.74 Å². The molecule has 1 unspecified atom stereocenters. The van der Waals surface area contributed by atoms with E-state index in [1.165, 1.54) is 6.42 Å². The quantitative estimate of drug-likeness (QED) is 0.513. The Morgan fingerprint density at radius 2 is 1.86 bits per heavy atom.